The number of benzene rings is 4. The van der Waals surface area contributed by atoms with Gasteiger partial charge in [-0.05, 0) is 83.8 Å². The second kappa shape index (κ2) is 10.1. The fourth-order valence-electron chi connectivity index (χ4n) is 5.71. The first-order valence-corrected chi connectivity index (χ1v) is 12.5. The lowest BCUT2D eigenvalue weighted by Crippen LogP contribution is -2.31. The number of hydrogen-bond donors (Lipinski definition) is 1. The molecule has 3 nitrogen and oxygen atoms in total. The first kappa shape index (κ1) is 23.3. The summed E-state index contributed by atoms with van der Waals surface area (Å²) in [6, 6.07) is 30.5. The number of rotatable bonds is 6. The van der Waals surface area contributed by atoms with Crippen LogP contribution < -0.4 is 5.32 Å². The van der Waals surface area contributed by atoms with Crippen molar-refractivity contribution < 1.29 is 9.53 Å². The van der Waals surface area contributed by atoms with Crippen LogP contribution in [-0.2, 0) is 11.2 Å². The van der Waals surface area contributed by atoms with Crippen LogP contribution in [0.4, 0.5) is 0 Å². The Balaban J connectivity index is 1.37. The highest BCUT2D eigenvalue weighted by molar-refractivity contribution is 5.91. The molecule has 0 heterocycles. The maximum absolute atomic E-state index is 12.1. The van der Waals surface area contributed by atoms with Gasteiger partial charge in [0.05, 0.1) is 12.7 Å². The summed E-state index contributed by atoms with van der Waals surface area (Å²) < 4.78 is 4.95. The van der Waals surface area contributed by atoms with Gasteiger partial charge in [0.25, 0.3) is 0 Å². The predicted molar refractivity (Wildman–Crippen MR) is 143 cm³/mol. The van der Waals surface area contributed by atoms with Crippen molar-refractivity contribution in [1.82, 2.24) is 5.32 Å². The quantitative estimate of drug-likeness (QED) is 0.314. The monoisotopic (exact) mass is 463 g/mol. The minimum absolute atomic E-state index is 0.275. The zero-order chi connectivity index (χ0) is 24.4. The van der Waals surface area contributed by atoms with Crippen molar-refractivity contribution in [2.75, 3.05) is 13.7 Å². The highest BCUT2D eigenvalue weighted by Gasteiger charge is 2.28. The summed E-state index contributed by atoms with van der Waals surface area (Å²) in [5.74, 6) is 0.584. The molecular formula is C32H33NO2. The molecule has 178 valence electrons. The smallest absolute Gasteiger partial charge is 0.338 e. The highest BCUT2D eigenvalue weighted by Crippen LogP contribution is 2.40. The van der Waals surface area contributed by atoms with E-state index < -0.39 is 0 Å². The topological polar surface area (TPSA) is 38.3 Å². The van der Waals surface area contributed by atoms with Crippen LogP contribution in [0.3, 0.4) is 0 Å². The Morgan fingerprint density at radius 3 is 2.60 bits per heavy atom. The molecule has 0 fully saturated rings. The fraction of sp³-hybridized carbons (Fsp3) is 0.281. The van der Waals surface area contributed by atoms with Gasteiger partial charge in [-0.2, -0.15) is 0 Å². The molecule has 0 bridgehead atoms. The second-order valence-electron chi connectivity index (χ2n) is 9.82. The van der Waals surface area contributed by atoms with Crippen LogP contribution in [-0.4, -0.2) is 19.6 Å². The summed E-state index contributed by atoms with van der Waals surface area (Å²) >= 11 is 0. The van der Waals surface area contributed by atoms with Crippen LogP contribution >= 0.6 is 0 Å². The molecule has 0 saturated carbocycles. The average molecular weight is 464 g/mol. The molecular weight excluding hydrogens is 430 g/mol. The molecule has 3 atom stereocenters. The van der Waals surface area contributed by atoms with Crippen molar-refractivity contribution in [2.45, 2.75) is 38.6 Å². The third-order valence-electron chi connectivity index (χ3n) is 7.57. The lowest BCUT2D eigenvalue weighted by molar-refractivity contribution is 0.0600. The number of hydrogen-bond acceptors (Lipinski definition) is 3. The normalized spacial score (nSPS) is 18.1. The summed E-state index contributed by atoms with van der Waals surface area (Å²) in [6.07, 6.45) is 2.17. The number of fused-ring (bicyclic) bond motifs is 2. The molecule has 1 N–H and O–H groups in total. The SMILES string of the molecule is COC(=O)c1ccc(C2C[C@H](CN[C@H](C)c3cccc4ccccc34)Cc3ccccc32)cc1C. The third-order valence-corrected chi connectivity index (χ3v) is 7.57. The van der Waals surface area contributed by atoms with E-state index in [0.717, 1.165) is 24.9 Å². The highest BCUT2D eigenvalue weighted by atomic mass is 16.5. The van der Waals surface area contributed by atoms with Gasteiger partial charge in [-0.3, -0.25) is 0 Å². The Morgan fingerprint density at radius 1 is 1.00 bits per heavy atom. The summed E-state index contributed by atoms with van der Waals surface area (Å²) in [4.78, 5) is 12.1. The van der Waals surface area contributed by atoms with Crippen LogP contribution in [0.2, 0.25) is 0 Å². The molecule has 1 aliphatic carbocycles. The predicted octanol–water partition coefficient (Wildman–Crippen LogP) is 6.98. The Kier molecular flexibility index (Phi) is 6.70. The summed E-state index contributed by atoms with van der Waals surface area (Å²) in [6.45, 7) is 5.23. The molecule has 1 unspecified atom stereocenters. The van der Waals surface area contributed by atoms with Gasteiger partial charge in [0.2, 0.25) is 0 Å². The zero-order valence-electron chi connectivity index (χ0n) is 20.8. The number of methoxy groups -OCH3 is 1. The van der Waals surface area contributed by atoms with Crippen LogP contribution in [0.25, 0.3) is 10.8 Å². The molecule has 1 aliphatic rings. The third kappa shape index (κ3) is 4.74. The van der Waals surface area contributed by atoms with Gasteiger partial charge < -0.3 is 10.1 Å². The van der Waals surface area contributed by atoms with Crippen LogP contribution in [0, 0.1) is 12.8 Å². The van der Waals surface area contributed by atoms with Crippen molar-refractivity contribution in [2.24, 2.45) is 5.92 Å². The van der Waals surface area contributed by atoms with E-state index >= 15 is 0 Å². The minimum atomic E-state index is -0.275. The standard InChI is InChI=1S/C32H33NO2/c1-21-17-26(15-16-27(21)32(34)35-3)31-19-23(18-25-10-5-7-13-30(25)31)20-33-22(2)28-14-8-11-24-9-4-6-12-29(24)28/h4-17,22-23,31,33H,18-20H2,1-3H3/t22-,23-,31?/m1/s1. The zero-order valence-corrected chi connectivity index (χ0v) is 20.8. The second-order valence-corrected chi connectivity index (χ2v) is 9.82. The lowest BCUT2D eigenvalue weighted by Gasteiger charge is -2.33. The Bertz CT molecular complexity index is 1350. The number of nitrogens with one attached hydrogen (secondary N) is 1. The first-order valence-electron chi connectivity index (χ1n) is 12.5. The maximum atomic E-state index is 12.1. The van der Waals surface area contributed by atoms with E-state index in [-0.39, 0.29) is 12.0 Å². The first-order chi connectivity index (χ1) is 17.0. The summed E-state index contributed by atoms with van der Waals surface area (Å²) in [5.41, 5.74) is 7.08. The van der Waals surface area contributed by atoms with Crippen LogP contribution in [0.1, 0.15) is 63.5 Å². The van der Waals surface area contributed by atoms with E-state index in [1.807, 2.05) is 13.0 Å². The van der Waals surface area contributed by atoms with E-state index in [0.29, 0.717) is 17.4 Å². The maximum Gasteiger partial charge on any atom is 0.338 e. The molecule has 35 heavy (non-hydrogen) atoms. The van der Waals surface area contributed by atoms with Gasteiger partial charge >= 0.3 is 5.97 Å². The number of esters is 1. The molecule has 0 amide bonds. The molecule has 5 rings (SSSR count). The van der Waals surface area contributed by atoms with Crippen LogP contribution in [0.15, 0.2) is 84.9 Å². The van der Waals surface area contributed by atoms with E-state index in [9.17, 15) is 4.79 Å². The van der Waals surface area contributed by atoms with Gasteiger partial charge in [-0.1, -0.05) is 78.9 Å². The summed E-state index contributed by atoms with van der Waals surface area (Å²) in [7, 11) is 1.43. The molecule has 0 saturated heterocycles. The number of carbonyl (C=O) groups excluding carboxylic acids is 1. The number of carbonyl (C=O) groups is 1. The minimum Gasteiger partial charge on any atom is -0.465 e. The molecule has 4 aromatic rings. The Hall–Kier alpha value is -3.43. The van der Waals surface area contributed by atoms with Gasteiger partial charge in [-0.15, -0.1) is 0 Å². The number of aryl methyl sites for hydroxylation is 1. The molecule has 0 aromatic heterocycles. The van der Waals surface area contributed by atoms with Gasteiger partial charge in [0.15, 0.2) is 0 Å². The fourth-order valence-corrected chi connectivity index (χ4v) is 5.71. The van der Waals surface area contributed by atoms with E-state index in [4.69, 9.17) is 4.74 Å². The van der Waals surface area contributed by atoms with Crippen molar-refractivity contribution in [3.8, 4) is 0 Å². The van der Waals surface area contributed by atoms with Crippen molar-refractivity contribution in [1.29, 1.82) is 0 Å². The Labute approximate surface area is 208 Å². The van der Waals surface area contributed by atoms with E-state index in [2.05, 4.69) is 91.1 Å². The van der Waals surface area contributed by atoms with Gasteiger partial charge in [0.1, 0.15) is 0 Å². The molecule has 0 aliphatic heterocycles. The number of ether oxygens (including phenoxy) is 1. The lowest BCUT2D eigenvalue weighted by atomic mass is 9.73. The van der Waals surface area contributed by atoms with Crippen molar-refractivity contribution >= 4 is 16.7 Å². The molecule has 0 radical (unpaired) electrons. The van der Waals surface area contributed by atoms with Gasteiger partial charge in [-0.25, -0.2) is 4.79 Å². The van der Waals surface area contributed by atoms with Crippen molar-refractivity contribution in [3.63, 3.8) is 0 Å². The van der Waals surface area contributed by atoms with E-state index in [1.54, 1.807) is 0 Å². The molecule has 4 aromatic carbocycles. The largest absolute Gasteiger partial charge is 0.465 e. The van der Waals surface area contributed by atoms with Crippen LogP contribution in [0.5, 0.6) is 0 Å². The van der Waals surface area contributed by atoms with E-state index in [1.165, 1.54) is 40.1 Å². The Morgan fingerprint density at radius 2 is 1.77 bits per heavy atom. The van der Waals surface area contributed by atoms with Gasteiger partial charge in [0, 0.05) is 12.0 Å². The average Bonchev–Trinajstić information content (AvgIpc) is 2.90. The summed E-state index contributed by atoms with van der Waals surface area (Å²) in [5, 5.41) is 6.46. The molecule has 0 spiro atoms. The molecule has 3 heteroatoms. The van der Waals surface area contributed by atoms with Crippen molar-refractivity contribution in [3.05, 3.63) is 118 Å².